The van der Waals surface area contributed by atoms with E-state index in [0.29, 0.717) is 31.2 Å². The molecule has 0 bridgehead atoms. The average molecular weight is 332 g/mol. The first-order valence-electron chi connectivity index (χ1n) is 8.66. The smallest absolute Gasteiger partial charge is 0.253 e. The van der Waals surface area contributed by atoms with Crippen LogP contribution in [-0.4, -0.2) is 43.5 Å². The molecule has 1 heterocycles. The highest BCUT2D eigenvalue weighted by atomic mass is 16.5. The predicted octanol–water partition coefficient (Wildman–Crippen LogP) is 2.46. The van der Waals surface area contributed by atoms with Crippen LogP contribution in [0.1, 0.15) is 42.6 Å². The van der Waals surface area contributed by atoms with Crippen molar-refractivity contribution in [2.24, 2.45) is 11.8 Å². The van der Waals surface area contributed by atoms with Gasteiger partial charge in [-0.2, -0.15) is 0 Å². The van der Waals surface area contributed by atoms with Gasteiger partial charge in [0.05, 0.1) is 6.61 Å². The van der Waals surface area contributed by atoms with Gasteiger partial charge in [-0.1, -0.05) is 26.0 Å². The highest BCUT2D eigenvalue weighted by Gasteiger charge is 2.25. The Morgan fingerprint density at radius 3 is 2.88 bits per heavy atom. The van der Waals surface area contributed by atoms with E-state index in [4.69, 9.17) is 4.74 Å². The van der Waals surface area contributed by atoms with Gasteiger partial charge in [-0.25, -0.2) is 0 Å². The lowest BCUT2D eigenvalue weighted by atomic mass is 9.97. The molecule has 1 aromatic carbocycles. The number of nitrogens with one attached hydrogen (secondary N) is 1. The van der Waals surface area contributed by atoms with E-state index >= 15 is 0 Å². The zero-order chi connectivity index (χ0) is 17.5. The maximum Gasteiger partial charge on any atom is 0.253 e. The molecule has 24 heavy (non-hydrogen) atoms. The standard InChI is InChI=1S/C19H28N2O3/c1-14(2)18(22)20-11-16-7-5-9-21(12-16)19(23)17-8-4-6-15(10-17)13-24-3/h4,6,8,10,14,16H,5,7,9,11-13H2,1-3H3,(H,20,22)/t16-/m1/s1. The van der Waals surface area contributed by atoms with Gasteiger partial charge in [0.2, 0.25) is 5.91 Å². The number of methoxy groups -OCH3 is 1. The van der Waals surface area contributed by atoms with Crippen molar-refractivity contribution < 1.29 is 14.3 Å². The highest BCUT2D eigenvalue weighted by molar-refractivity contribution is 5.94. The third-order valence-electron chi connectivity index (χ3n) is 4.38. The van der Waals surface area contributed by atoms with Crippen molar-refractivity contribution in [3.05, 3.63) is 35.4 Å². The summed E-state index contributed by atoms with van der Waals surface area (Å²) in [6, 6.07) is 7.61. The van der Waals surface area contributed by atoms with Gasteiger partial charge in [0.25, 0.3) is 5.91 Å². The molecule has 0 radical (unpaired) electrons. The predicted molar refractivity (Wildman–Crippen MR) is 93.6 cm³/mol. The van der Waals surface area contributed by atoms with Crippen LogP contribution >= 0.6 is 0 Å². The molecular weight excluding hydrogens is 304 g/mol. The minimum atomic E-state index is -0.00477. The summed E-state index contributed by atoms with van der Waals surface area (Å²) in [4.78, 5) is 26.4. The van der Waals surface area contributed by atoms with Crippen molar-refractivity contribution >= 4 is 11.8 Å². The van der Waals surface area contributed by atoms with E-state index in [9.17, 15) is 9.59 Å². The van der Waals surface area contributed by atoms with E-state index in [2.05, 4.69) is 5.32 Å². The SMILES string of the molecule is COCc1cccc(C(=O)N2CCC[C@H](CNC(=O)C(C)C)C2)c1. The summed E-state index contributed by atoms with van der Waals surface area (Å²) in [5.41, 5.74) is 1.71. The Balaban J connectivity index is 1.94. The number of rotatable bonds is 6. The van der Waals surface area contributed by atoms with Gasteiger partial charge in [0.1, 0.15) is 0 Å². The Morgan fingerprint density at radius 1 is 1.38 bits per heavy atom. The van der Waals surface area contributed by atoms with Gasteiger partial charge >= 0.3 is 0 Å². The first-order valence-corrected chi connectivity index (χ1v) is 8.66. The lowest BCUT2D eigenvalue weighted by Crippen LogP contribution is -2.44. The van der Waals surface area contributed by atoms with Crippen LogP contribution < -0.4 is 5.32 Å². The summed E-state index contributed by atoms with van der Waals surface area (Å²) < 4.78 is 5.13. The molecule has 2 amide bonds. The van der Waals surface area contributed by atoms with Crippen LogP contribution in [0.15, 0.2) is 24.3 Å². The number of nitrogens with zero attached hydrogens (tertiary/aromatic N) is 1. The van der Waals surface area contributed by atoms with Crippen LogP contribution in [0.25, 0.3) is 0 Å². The van der Waals surface area contributed by atoms with Crippen LogP contribution in [0.4, 0.5) is 0 Å². The van der Waals surface area contributed by atoms with Crippen molar-refractivity contribution in [3.8, 4) is 0 Å². The van der Waals surface area contributed by atoms with Crippen molar-refractivity contribution in [2.75, 3.05) is 26.7 Å². The van der Waals surface area contributed by atoms with Gasteiger partial charge in [0.15, 0.2) is 0 Å². The van der Waals surface area contributed by atoms with E-state index in [1.807, 2.05) is 43.0 Å². The Kier molecular flexibility index (Phi) is 6.79. The highest BCUT2D eigenvalue weighted by Crippen LogP contribution is 2.19. The van der Waals surface area contributed by atoms with Crippen LogP contribution in [0.3, 0.4) is 0 Å². The summed E-state index contributed by atoms with van der Waals surface area (Å²) in [6.07, 6.45) is 2.03. The molecule has 1 aliphatic heterocycles. The Labute approximate surface area is 144 Å². The maximum absolute atomic E-state index is 12.7. The number of piperidine rings is 1. The fraction of sp³-hybridized carbons (Fsp3) is 0.579. The molecule has 0 spiro atoms. The molecule has 1 saturated heterocycles. The molecule has 132 valence electrons. The van der Waals surface area contributed by atoms with E-state index < -0.39 is 0 Å². The zero-order valence-electron chi connectivity index (χ0n) is 14.9. The Morgan fingerprint density at radius 2 is 2.17 bits per heavy atom. The number of amides is 2. The second kappa shape index (κ2) is 8.83. The number of benzene rings is 1. The first-order chi connectivity index (χ1) is 11.5. The van der Waals surface area contributed by atoms with Gasteiger partial charge in [-0.3, -0.25) is 9.59 Å². The third-order valence-corrected chi connectivity index (χ3v) is 4.38. The number of likely N-dealkylation sites (tertiary alicyclic amines) is 1. The average Bonchev–Trinajstić information content (AvgIpc) is 2.59. The summed E-state index contributed by atoms with van der Waals surface area (Å²) in [6.45, 7) is 6.40. The number of hydrogen-bond donors (Lipinski definition) is 1. The van der Waals surface area contributed by atoms with E-state index in [-0.39, 0.29) is 17.7 Å². The van der Waals surface area contributed by atoms with Crippen molar-refractivity contribution in [3.63, 3.8) is 0 Å². The third kappa shape index (κ3) is 5.06. The fourth-order valence-electron chi connectivity index (χ4n) is 3.01. The Hall–Kier alpha value is -1.88. The second-order valence-electron chi connectivity index (χ2n) is 6.79. The topological polar surface area (TPSA) is 58.6 Å². The largest absolute Gasteiger partial charge is 0.380 e. The second-order valence-corrected chi connectivity index (χ2v) is 6.79. The number of carbonyl (C=O) groups is 2. The van der Waals surface area contributed by atoms with Crippen LogP contribution in [0, 0.1) is 11.8 Å². The summed E-state index contributed by atoms with van der Waals surface area (Å²) in [7, 11) is 1.65. The quantitative estimate of drug-likeness (QED) is 0.870. The minimum Gasteiger partial charge on any atom is -0.380 e. The monoisotopic (exact) mass is 332 g/mol. The molecule has 5 nitrogen and oxygen atoms in total. The summed E-state index contributed by atoms with van der Waals surface area (Å²) in [5.74, 6) is 0.459. The van der Waals surface area contributed by atoms with Crippen molar-refractivity contribution in [2.45, 2.75) is 33.3 Å². The molecule has 1 fully saturated rings. The number of hydrogen-bond acceptors (Lipinski definition) is 3. The van der Waals surface area contributed by atoms with Crippen LogP contribution in [-0.2, 0) is 16.1 Å². The molecule has 0 aliphatic carbocycles. The first kappa shape index (κ1) is 18.5. The molecule has 1 aliphatic rings. The molecule has 5 heteroatoms. The van der Waals surface area contributed by atoms with Gasteiger partial charge in [0, 0.05) is 38.2 Å². The molecule has 0 aromatic heterocycles. The van der Waals surface area contributed by atoms with E-state index in [1.165, 1.54) is 0 Å². The normalized spacial score (nSPS) is 17.8. The molecule has 1 N–H and O–H groups in total. The van der Waals surface area contributed by atoms with Crippen LogP contribution in [0.2, 0.25) is 0 Å². The van der Waals surface area contributed by atoms with Crippen molar-refractivity contribution in [1.82, 2.24) is 10.2 Å². The summed E-state index contributed by atoms with van der Waals surface area (Å²) >= 11 is 0. The van der Waals surface area contributed by atoms with Crippen molar-refractivity contribution in [1.29, 1.82) is 0 Å². The lowest BCUT2D eigenvalue weighted by Gasteiger charge is -2.33. The molecule has 0 saturated carbocycles. The molecule has 2 rings (SSSR count). The lowest BCUT2D eigenvalue weighted by molar-refractivity contribution is -0.124. The van der Waals surface area contributed by atoms with Crippen LogP contribution in [0.5, 0.6) is 0 Å². The van der Waals surface area contributed by atoms with Gasteiger partial charge < -0.3 is 15.0 Å². The Bertz CT molecular complexity index is 571. The van der Waals surface area contributed by atoms with E-state index in [0.717, 1.165) is 24.9 Å². The van der Waals surface area contributed by atoms with E-state index in [1.54, 1.807) is 7.11 Å². The van der Waals surface area contributed by atoms with Gasteiger partial charge in [-0.15, -0.1) is 0 Å². The van der Waals surface area contributed by atoms with Gasteiger partial charge in [-0.05, 0) is 36.5 Å². The maximum atomic E-state index is 12.7. The molecule has 1 aromatic rings. The molecular formula is C19H28N2O3. The molecule has 0 unspecified atom stereocenters. The molecule has 1 atom stereocenters. The fourth-order valence-corrected chi connectivity index (χ4v) is 3.01. The number of ether oxygens (including phenoxy) is 1. The minimum absolute atomic E-state index is 0.00477. The number of carbonyl (C=O) groups excluding carboxylic acids is 2. The summed E-state index contributed by atoms with van der Waals surface area (Å²) in [5, 5.41) is 2.98. The zero-order valence-corrected chi connectivity index (χ0v) is 14.9.